The molecule has 0 aliphatic rings. The van der Waals surface area contributed by atoms with E-state index in [4.69, 9.17) is 15.8 Å². The van der Waals surface area contributed by atoms with Crippen LogP contribution in [0.1, 0.15) is 25.3 Å². The fourth-order valence-corrected chi connectivity index (χ4v) is 3.89. The molecule has 0 aliphatic heterocycles. The molecular formula is C13H13ClO3S2. The van der Waals surface area contributed by atoms with E-state index in [0.717, 1.165) is 16.9 Å². The number of benzene rings is 1. The molecule has 2 rings (SSSR count). The van der Waals surface area contributed by atoms with Gasteiger partial charge in [0.1, 0.15) is 5.75 Å². The molecule has 0 saturated heterocycles. The Balaban J connectivity index is 2.28. The Morgan fingerprint density at radius 2 is 1.95 bits per heavy atom. The minimum Gasteiger partial charge on any atom is -0.378 e. The van der Waals surface area contributed by atoms with Crippen molar-refractivity contribution in [1.82, 2.24) is 0 Å². The molecule has 0 saturated carbocycles. The second kappa shape index (κ2) is 5.53. The van der Waals surface area contributed by atoms with Crippen LogP contribution in [-0.2, 0) is 10.1 Å². The quantitative estimate of drug-likeness (QED) is 0.790. The summed E-state index contributed by atoms with van der Waals surface area (Å²) in [6.45, 7) is 4.07. The SMILES string of the molecule is CC(C)c1cccc(OS(=O)(=O)c2ccc(Cl)s2)c1. The van der Waals surface area contributed by atoms with Crippen LogP contribution in [-0.4, -0.2) is 8.42 Å². The highest BCUT2D eigenvalue weighted by Gasteiger charge is 2.19. The molecule has 1 heterocycles. The number of hydrogen-bond acceptors (Lipinski definition) is 4. The first-order valence-electron chi connectivity index (χ1n) is 5.68. The van der Waals surface area contributed by atoms with Gasteiger partial charge in [0.2, 0.25) is 0 Å². The molecule has 0 radical (unpaired) electrons. The van der Waals surface area contributed by atoms with Crippen molar-refractivity contribution in [2.75, 3.05) is 0 Å². The minimum absolute atomic E-state index is 0.104. The van der Waals surface area contributed by atoms with E-state index in [-0.39, 0.29) is 4.21 Å². The van der Waals surface area contributed by atoms with E-state index in [1.807, 2.05) is 19.9 Å². The Morgan fingerprint density at radius 3 is 2.53 bits per heavy atom. The van der Waals surface area contributed by atoms with E-state index in [2.05, 4.69) is 0 Å². The van der Waals surface area contributed by atoms with E-state index in [9.17, 15) is 8.42 Å². The van der Waals surface area contributed by atoms with E-state index >= 15 is 0 Å². The molecule has 19 heavy (non-hydrogen) atoms. The maximum absolute atomic E-state index is 12.0. The lowest BCUT2D eigenvalue weighted by atomic mass is 10.0. The highest BCUT2D eigenvalue weighted by Crippen LogP contribution is 2.29. The molecule has 6 heteroatoms. The maximum Gasteiger partial charge on any atom is 0.348 e. The monoisotopic (exact) mass is 316 g/mol. The lowest BCUT2D eigenvalue weighted by molar-refractivity contribution is 0.488. The molecule has 0 aliphatic carbocycles. The Kier molecular flexibility index (Phi) is 4.18. The van der Waals surface area contributed by atoms with E-state index in [1.54, 1.807) is 18.2 Å². The van der Waals surface area contributed by atoms with Crippen LogP contribution in [0.25, 0.3) is 0 Å². The van der Waals surface area contributed by atoms with Gasteiger partial charge in [-0.15, -0.1) is 11.3 Å². The van der Waals surface area contributed by atoms with Crippen LogP contribution in [0, 0.1) is 0 Å². The minimum atomic E-state index is -3.80. The van der Waals surface area contributed by atoms with E-state index in [0.29, 0.717) is 16.0 Å². The third kappa shape index (κ3) is 3.49. The Hall–Kier alpha value is -1.04. The number of hydrogen-bond donors (Lipinski definition) is 0. The van der Waals surface area contributed by atoms with Gasteiger partial charge in [0, 0.05) is 0 Å². The zero-order valence-corrected chi connectivity index (χ0v) is 12.8. The summed E-state index contributed by atoms with van der Waals surface area (Å²) in [7, 11) is -3.80. The standard InChI is InChI=1S/C13H13ClO3S2/c1-9(2)10-4-3-5-11(8-10)17-19(15,16)13-7-6-12(14)18-13/h3-9H,1-2H3. The third-order valence-electron chi connectivity index (χ3n) is 2.53. The molecule has 0 fully saturated rings. The molecule has 3 nitrogen and oxygen atoms in total. The van der Waals surface area contributed by atoms with Crippen molar-refractivity contribution in [2.24, 2.45) is 0 Å². The summed E-state index contributed by atoms with van der Waals surface area (Å²) in [6.07, 6.45) is 0. The van der Waals surface area contributed by atoms with Crippen LogP contribution < -0.4 is 4.18 Å². The third-order valence-corrected chi connectivity index (χ3v) is 5.45. The lowest BCUT2D eigenvalue weighted by Gasteiger charge is -2.09. The molecule has 1 aromatic carbocycles. The molecule has 2 aromatic rings. The fourth-order valence-electron chi connectivity index (χ4n) is 1.53. The second-order valence-electron chi connectivity index (χ2n) is 4.32. The second-order valence-corrected chi connectivity index (χ2v) is 7.81. The van der Waals surface area contributed by atoms with Gasteiger partial charge in [-0.25, -0.2) is 0 Å². The molecule has 0 bridgehead atoms. The zero-order chi connectivity index (χ0) is 14.0. The van der Waals surface area contributed by atoms with Crippen LogP contribution in [0.15, 0.2) is 40.6 Å². The van der Waals surface area contributed by atoms with Gasteiger partial charge in [-0.1, -0.05) is 37.6 Å². The Morgan fingerprint density at radius 1 is 1.21 bits per heavy atom. The summed E-state index contributed by atoms with van der Waals surface area (Å²) in [5, 5.41) is 0. The summed E-state index contributed by atoms with van der Waals surface area (Å²) in [5.41, 5.74) is 1.02. The van der Waals surface area contributed by atoms with Gasteiger partial charge in [-0.05, 0) is 35.7 Å². The first-order valence-corrected chi connectivity index (χ1v) is 8.28. The highest BCUT2D eigenvalue weighted by molar-refractivity contribution is 7.89. The molecule has 0 atom stereocenters. The summed E-state index contributed by atoms with van der Waals surface area (Å²) in [5.74, 6) is 0.623. The number of rotatable bonds is 4. The molecule has 0 amide bonds. The van der Waals surface area contributed by atoms with Gasteiger partial charge < -0.3 is 4.18 Å². The topological polar surface area (TPSA) is 43.4 Å². The van der Waals surface area contributed by atoms with Crippen LogP contribution in [0.3, 0.4) is 0 Å². The predicted molar refractivity (Wildman–Crippen MR) is 77.7 cm³/mol. The smallest absolute Gasteiger partial charge is 0.348 e. The molecule has 0 unspecified atom stereocenters. The Labute approximate surface area is 121 Å². The highest BCUT2D eigenvalue weighted by atomic mass is 35.5. The molecule has 102 valence electrons. The summed E-state index contributed by atoms with van der Waals surface area (Å²) in [6, 6.07) is 10.0. The molecule has 0 spiro atoms. The van der Waals surface area contributed by atoms with Crippen molar-refractivity contribution >= 4 is 33.1 Å². The van der Waals surface area contributed by atoms with Gasteiger partial charge >= 0.3 is 10.1 Å². The van der Waals surface area contributed by atoms with Crippen LogP contribution in [0.5, 0.6) is 5.75 Å². The molecular weight excluding hydrogens is 304 g/mol. The van der Waals surface area contributed by atoms with Crippen molar-refractivity contribution < 1.29 is 12.6 Å². The van der Waals surface area contributed by atoms with Crippen molar-refractivity contribution in [2.45, 2.75) is 24.0 Å². The molecule has 1 aromatic heterocycles. The van der Waals surface area contributed by atoms with Crippen molar-refractivity contribution in [3.05, 3.63) is 46.3 Å². The van der Waals surface area contributed by atoms with E-state index in [1.165, 1.54) is 12.1 Å². The van der Waals surface area contributed by atoms with E-state index < -0.39 is 10.1 Å². The fraction of sp³-hybridized carbons (Fsp3) is 0.231. The van der Waals surface area contributed by atoms with Crippen LogP contribution in [0.2, 0.25) is 4.34 Å². The number of thiophene rings is 1. The van der Waals surface area contributed by atoms with Crippen LogP contribution >= 0.6 is 22.9 Å². The first kappa shape index (κ1) is 14.4. The average molecular weight is 317 g/mol. The lowest BCUT2D eigenvalue weighted by Crippen LogP contribution is -2.08. The van der Waals surface area contributed by atoms with Gasteiger partial charge in [0.05, 0.1) is 4.34 Å². The number of halogens is 1. The zero-order valence-electron chi connectivity index (χ0n) is 10.5. The normalized spacial score (nSPS) is 11.8. The predicted octanol–water partition coefficient (Wildman–Crippen LogP) is 4.29. The van der Waals surface area contributed by atoms with Crippen molar-refractivity contribution in [1.29, 1.82) is 0 Å². The summed E-state index contributed by atoms with van der Waals surface area (Å²) in [4.78, 5) is 0. The van der Waals surface area contributed by atoms with Gasteiger partial charge in [0.15, 0.2) is 4.21 Å². The van der Waals surface area contributed by atoms with Gasteiger partial charge in [-0.3, -0.25) is 0 Å². The summed E-state index contributed by atoms with van der Waals surface area (Å²) >= 11 is 6.71. The van der Waals surface area contributed by atoms with Crippen molar-refractivity contribution in [3.63, 3.8) is 0 Å². The molecule has 0 N–H and O–H groups in total. The van der Waals surface area contributed by atoms with Gasteiger partial charge in [-0.2, -0.15) is 8.42 Å². The Bertz CT molecular complexity index is 675. The summed E-state index contributed by atoms with van der Waals surface area (Å²) < 4.78 is 29.7. The van der Waals surface area contributed by atoms with Crippen molar-refractivity contribution in [3.8, 4) is 5.75 Å². The van der Waals surface area contributed by atoms with Gasteiger partial charge in [0.25, 0.3) is 0 Å². The van der Waals surface area contributed by atoms with Crippen LogP contribution in [0.4, 0.5) is 0 Å². The average Bonchev–Trinajstić information content (AvgIpc) is 2.76. The first-order chi connectivity index (χ1) is 8.88. The largest absolute Gasteiger partial charge is 0.378 e. The maximum atomic E-state index is 12.0.